The van der Waals surface area contributed by atoms with E-state index in [1.807, 2.05) is 12.1 Å². The van der Waals surface area contributed by atoms with Crippen molar-refractivity contribution < 1.29 is 4.74 Å². The van der Waals surface area contributed by atoms with Crippen LogP contribution in [0.4, 0.5) is 0 Å². The van der Waals surface area contributed by atoms with Crippen LogP contribution in [0.25, 0.3) is 22.2 Å². The number of aryl methyl sites for hydroxylation is 2. The van der Waals surface area contributed by atoms with Crippen LogP contribution >= 0.6 is 15.9 Å². The molecule has 1 heterocycles. The predicted octanol–water partition coefficient (Wildman–Crippen LogP) is 5.20. The zero-order valence-corrected chi connectivity index (χ0v) is 15.7. The van der Waals surface area contributed by atoms with Gasteiger partial charge in [0.05, 0.1) is 12.8 Å². The number of H-pyrrole nitrogens is 1. The van der Waals surface area contributed by atoms with Crippen LogP contribution in [-0.2, 0) is 6.42 Å². The van der Waals surface area contributed by atoms with E-state index >= 15 is 0 Å². The Morgan fingerprint density at radius 3 is 2.71 bits per heavy atom. The number of hydrogen-bond acceptors (Lipinski definition) is 2. The summed E-state index contributed by atoms with van der Waals surface area (Å²) in [4.78, 5) is 3.60. The average molecular weight is 387 g/mol. The number of benzene rings is 2. The standard InChI is InChI=1S/C20H23BrN2O/c1-13-6-8-18-16(11-13)15(5-3-4-10-22)20(23-18)17-12-14(21)7-9-19(17)24-2/h6-9,11-12,23H,3-5,10,22H2,1-2H3. The van der Waals surface area contributed by atoms with E-state index in [-0.39, 0.29) is 0 Å². The van der Waals surface area contributed by atoms with E-state index in [0.717, 1.165) is 47.3 Å². The molecule has 126 valence electrons. The first-order valence-corrected chi connectivity index (χ1v) is 9.08. The highest BCUT2D eigenvalue weighted by Gasteiger charge is 2.16. The summed E-state index contributed by atoms with van der Waals surface area (Å²) in [6, 6.07) is 12.7. The van der Waals surface area contributed by atoms with Crippen molar-refractivity contribution in [3.8, 4) is 17.0 Å². The summed E-state index contributed by atoms with van der Waals surface area (Å²) in [5, 5.41) is 1.30. The van der Waals surface area contributed by atoms with E-state index in [4.69, 9.17) is 10.5 Å². The van der Waals surface area contributed by atoms with Gasteiger partial charge < -0.3 is 15.5 Å². The van der Waals surface area contributed by atoms with Crippen LogP contribution in [0, 0.1) is 6.92 Å². The number of rotatable bonds is 6. The van der Waals surface area contributed by atoms with Crippen LogP contribution in [-0.4, -0.2) is 18.6 Å². The average Bonchev–Trinajstić information content (AvgIpc) is 2.93. The van der Waals surface area contributed by atoms with Crippen molar-refractivity contribution in [1.29, 1.82) is 0 Å². The number of nitrogens with two attached hydrogens (primary N) is 1. The number of halogens is 1. The molecule has 3 nitrogen and oxygen atoms in total. The van der Waals surface area contributed by atoms with E-state index in [1.54, 1.807) is 7.11 Å². The van der Waals surface area contributed by atoms with Crippen molar-refractivity contribution in [3.05, 3.63) is 52.0 Å². The zero-order valence-electron chi connectivity index (χ0n) is 14.2. The molecule has 3 aromatic rings. The van der Waals surface area contributed by atoms with Crippen molar-refractivity contribution in [1.82, 2.24) is 4.98 Å². The molecule has 0 spiro atoms. The van der Waals surface area contributed by atoms with Crippen LogP contribution < -0.4 is 10.5 Å². The Bertz CT molecular complexity index is 854. The Morgan fingerprint density at radius 2 is 1.96 bits per heavy atom. The van der Waals surface area contributed by atoms with E-state index in [0.29, 0.717) is 0 Å². The largest absolute Gasteiger partial charge is 0.496 e. The van der Waals surface area contributed by atoms with Gasteiger partial charge in [0.1, 0.15) is 5.75 Å². The third-order valence-corrected chi connectivity index (χ3v) is 4.87. The van der Waals surface area contributed by atoms with Crippen molar-refractivity contribution in [3.63, 3.8) is 0 Å². The molecular formula is C20H23BrN2O. The molecule has 0 saturated heterocycles. The van der Waals surface area contributed by atoms with Crippen LogP contribution in [0.15, 0.2) is 40.9 Å². The van der Waals surface area contributed by atoms with E-state index in [9.17, 15) is 0 Å². The topological polar surface area (TPSA) is 51.0 Å². The van der Waals surface area contributed by atoms with Crippen LogP contribution in [0.2, 0.25) is 0 Å². The third kappa shape index (κ3) is 3.35. The molecule has 24 heavy (non-hydrogen) atoms. The van der Waals surface area contributed by atoms with Crippen molar-refractivity contribution in [2.24, 2.45) is 5.73 Å². The molecule has 0 atom stereocenters. The molecule has 0 unspecified atom stereocenters. The summed E-state index contributed by atoms with van der Waals surface area (Å²) >= 11 is 3.58. The fraction of sp³-hybridized carbons (Fsp3) is 0.300. The van der Waals surface area contributed by atoms with Gasteiger partial charge in [0.25, 0.3) is 0 Å². The molecule has 4 heteroatoms. The lowest BCUT2D eigenvalue weighted by atomic mass is 9.99. The van der Waals surface area contributed by atoms with Gasteiger partial charge >= 0.3 is 0 Å². The Kier molecular flexibility index (Phi) is 5.27. The van der Waals surface area contributed by atoms with Crippen LogP contribution in [0.1, 0.15) is 24.0 Å². The first-order valence-electron chi connectivity index (χ1n) is 8.29. The molecule has 0 radical (unpaired) electrons. The number of nitrogens with one attached hydrogen (secondary N) is 1. The Morgan fingerprint density at radius 1 is 1.12 bits per heavy atom. The van der Waals surface area contributed by atoms with Crippen molar-refractivity contribution >= 4 is 26.8 Å². The number of unbranched alkanes of at least 4 members (excludes halogenated alkanes) is 1. The maximum atomic E-state index is 5.69. The normalized spacial score (nSPS) is 11.2. The molecule has 0 fully saturated rings. The number of methoxy groups -OCH3 is 1. The molecule has 0 aliphatic rings. The number of aromatic nitrogens is 1. The zero-order chi connectivity index (χ0) is 17.1. The minimum absolute atomic E-state index is 0.733. The maximum absolute atomic E-state index is 5.69. The molecule has 3 N–H and O–H groups in total. The van der Waals surface area contributed by atoms with Gasteiger partial charge in [0, 0.05) is 20.9 Å². The molecule has 0 saturated carbocycles. The van der Waals surface area contributed by atoms with E-state index in [1.165, 1.54) is 22.0 Å². The number of fused-ring (bicyclic) bond motifs is 1. The fourth-order valence-electron chi connectivity index (χ4n) is 3.17. The minimum atomic E-state index is 0.733. The lowest BCUT2D eigenvalue weighted by Gasteiger charge is -2.10. The van der Waals surface area contributed by atoms with Gasteiger partial charge in [-0.25, -0.2) is 0 Å². The van der Waals surface area contributed by atoms with Crippen LogP contribution in [0.5, 0.6) is 5.75 Å². The quantitative estimate of drug-likeness (QED) is 0.572. The molecule has 1 aromatic heterocycles. The molecular weight excluding hydrogens is 364 g/mol. The number of aromatic amines is 1. The van der Waals surface area contributed by atoms with Gasteiger partial charge in [0.2, 0.25) is 0 Å². The molecule has 0 amide bonds. The van der Waals surface area contributed by atoms with Gasteiger partial charge in [0.15, 0.2) is 0 Å². The lowest BCUT2D eigenvalue weighted by Crippen LogP contribution is -1.99. The summed E-state index contributed by atoms with van der Waals surface area (Å²) in [5.41, 5.74) is 11.7. The highest BCUT2D eigenvalue weighted by atomic mass is 79.9. The van der Waals surface area contributed by atoms with Crippen LogP contribution in [0.3, 0.4) is 0 Å². The SMILES string of the molecule is COc1ccc(Br)cc1-c1[nH]c2ccc(C)cc2c1CCCCN. The number of ether oxygens (including phenoxy) is 1. The lowest BCUT2D eigenvalue weighted by molar-refractivity contribution is 0.416. The second kappa shape index (κ2) is 7.41. The van der Waals surface area contributed by atoms with Gasteiger partial charge in [-0.2, -0.15) is 0 Å². The molecule has 0 bridgehead atoms. The summed E-state index contributed by atoms with van der Waals surface area (Å²) < 4.78 is 6.64. The highest BCUT2D eigenvalue weighted by molar-refractivity contribution is 9.10. The van der Waals surface area contributed by atoms with Crippen molar-refractivity contribution in [2.75, 3.05) is 13.7 Å². The van der Waals surface area contributed by atoms with Gasteiger partial charge in [-0.3, -0.25) is 0 Å². The first-order chi connectivity index (χ1) is 11.6. The second-order valence-corrected chi connectivity index (χ2v) is 7.03. The summed E-state index contributed by atoms with van der Waals surface area (Å²) in [6.45, 7) is 2.87. The van der Waals surface area contributed by atoms with Gasteiger partial charge in [-0.05, 0) is 68.6 Å². The third-order valence-electron chi connectivity index (χ3n) is 4.37. The summed E-state index contributed by atoms with van der Waals surface area (Å²) in [7, 11) is 1.72. The highest BCUT2D eigenvalue weighted by Crippen LogP contribution is 2.38. The molecule has 3 rings (SSSR count). The Balaban J connectivity index is 2.19. The second-order valence-electron chi connectivity index (χ2n) is 6.12. The van der Waals surface area contributed by atoms with Gasteiger partial charge in [-0.15, -0.1) is 0 Å². The minimum Gasteiger partial charge on any atom is -0.496 e. The smallest absolute Gasteiger partial charge is 0.128 e. The predicted molar refractivity (Wildman–Crippen MR) is 105 cm³/mol. The fourth-order valence-corrected chi connectivity index (χ4v) is 3.53. The first kappa shape index (κ1) is 17.1. The molecule has 0 aliphatic carbocycles. The molecule has 0 aliphatic heterocycles. The maximum Gasteiger partial charge on any atom is 0.128 e. The monoisotopic (exact) mass is 386 g/mol. The molecule has 2 aromatic carbocycles. The van der Waals surface area contributed by atoms with E-state index < -0.39 is 0 Å². The van der Waals surface area contributed by atoms with Gasteiger partial charge in [-0.1, -0.05) is 27.6 Å². The number of hydrogen-bond donors (Lipinski definition) is 2. The summed E-state index contributed by atoms with van der Waals surface area (Å²) in [5.74, 6) is 0.876. The van der Waals surface area contributed by atoms with E-state index in [2.05, 4.69) is 52.1 Å². The Labute approximate surface area is 151 Å². The summed E-state index contributed by atoms with van der Waals surface area (Å²) in [6.07, 6.45) is 3.12. The van der Waals surface area contributed by atoms with Crippen molar-refractivity contribution in [2.45, 2.75) is 26.2 Å². The Hall–Kier alpha value is -1.78.